The maximum absolute atomic E-state index is 9.43. The third kappa shape index (κ3) is 4.92. The zero-order chi connectivity index (χ0) is 25.7. The van der Waals surface area contributed by atoms with Crippen molar-refractivity contribution in [2.24, 2.45) is 5.16 Å². The second-order valence-corrected chi connectivity index (χ2v) is 21.5. The van der Waals surface area contributed by atoms with Crippen LogP contribution in [0.25, 0.3) is 11.2 Å². The van der Waals surface area contributed by atoms with Crippen LogP contribution in [0.5, 0.6) is 0 Å². The lowest BCUT2D eigenvalue weighted by Gasteiger charge is -2.43. The number of nitrogens with zero attached hydrogens (tertiary/aromatic N) is 5. The lowest BCUT2D eigenvalue weighted by Crippen LogP contribution is -2.53. The van der Waals surface area contributed by atoms with E-state index in [1.807, 2.05) is 4.57 Å². The number of ether oxygens (including phenoxy) is 1. The normalized spacial score (nSPS) is 25.0. The molecule has 0 aliphatic carbocycles. The van der Waals surface area contributed by atoms with Crippen LogP contribution in [0.15, 0.2) is 17.8 Å². The molecule has 1 saturated heterocycles. The maximum atomic E-state index is 9.43. The van der Waals surface area contributed by atoms with Gasteiger partial charge >= 0.3 is 0 Å². The lowest BCUT2D eigenvalue weighted by molar-refractivity contribution is -0.0153. The largest absolute Gasteiger partial charge is 0.411 e. The number of hydrogen-bond acceptors (Lipinski definition) is 9. The van der Waals surface area contributed by atoms with E-state index in [4.69, 9.17) is 19.3 Å². The Bertz CT molecular complexity index is 1040. The van der Waals surface area contributed by atoms with Gasteiger partial charge in [0.25, 0.3) is 0 Å². The van der Waals surface area contributed by atoms with Gasteiger partial charge in [-0.25, -0.2) is 15.0 Å². The van der Waals surface area contributed by atoms with E-state index in [0.717, 1.165) is 0 Å². The van der Waals surface area contributed by atoms with Crippen molar-refractivity contribution in [3.63, 3.8) is 0 Å². The predicted octanol–water partition coefficient (Wildman–Crippen LogP) is 4.55. The van der Waals surface area contributed by atoms with Crippen LogP contribution < -0.4 is 5.73 Å². The second-order valence-electron chi connectivity index (χ2n) is 12.0. The molecule has 2 aromatic heterocycles. The standard InChI is InChI=1S/C22H40N6O4Si2/c1-21(2,3)33(7,8)31-16-14(11-27-29)30-20(17(16)32-34(9,10)22(4,5)6)28-13-26-15-18(23)24-12-25-19(15)28/h11-14,16-17,20,29H,1-10H3,(H2,23,24,25). The predicted molar refractivity (Wildman–Crippen MR) is 138 cm³/mol. The van der Waals surface area contributed by atoms with E-state index in [1.54, 1.807) is 6.33 Å². The summed E-state index contributed by atoms with van der Waals surface area (Å²) in [6, 6.07) is 0. The summed E-state index contributed by atoms with van der Waals surface area (Å²) in [6.45, 7) is 21.9. The Labute approximate surface area is 204 Å². The van der Waals surface area contributed by atoms with E-state index < -0.39 is 41.2 Å². The summed E-state index contributed by atoms with van der Waals surface area (Å²) in [5, 5.41) is 12.7. The fraction of sp³-hybridized carbons (Fsp3) is 0.727. The fourth-order valence-electron chi connectivity index (χ4n) is 3.42. The minimum Gasteiger partial charge on any atom is -0.411 e. The number of hydrogen-bond donors (Lipinski definition) is 2. The molecule has 0 amide bonds. The van der Waals surface area contributed by atoms with Crippen LogP contribution in [-0.2, 0) is 13.6 Å². The molecule has 1 fully saturated rings. The first-order chi connectivity index (χ1) is 15.5. The van der Waals surface area contributed by atoms with Crippen LogP contribution in [-0.4, -0.2) is 65.9 Å². The first kappa shape index (κ1) is 26.7. The van der Waals surface area contributed by atoms with Crippen molar-refractivity contribution in [1.29, 1.82) is 0 Å². The van der Waals surface area contributed by atoms with Crippen molar-refractivity contribution in [2.75, 3.05) is 5.73 Å². The van der Waals surface area contributed by atoms with E-state index in [1.165, 1.54) is 12.5 Å². The van der Waals surface area contributed by atoms with Gasteiger partial charge in [0.2, 0.25) is 0 Å². The van der Waals surface area contributed by atoms with Gasteiger partial charge in [-0.2, -0.15) is 0 Å². The Balaban J connectivity index is 2.14. The van der Waals surface area contributed by atoms with Gasteiger partial charge in [0.15, 0.2) is 34.3 Å². The van der Waals surface area contributed by atoms with Crippen LogP contribution in [0.4, 0.5) is 5.82 Å². The Morgan fingerprint density at radius 3 is 2.09 bits per heavy atom. The van der Waals surface area contributed by atoms with Crippen LogP contribution in [0, 0.1) is 0 Å². The molecular formula is C22H40N6O4Si2. The van der Waals surface area contributed by atoms with Crippen molar-refractivity contribution in [3.8, 4) is 0 Å². The highest BCUT2D eigenvalue weighted by molar-refractivity contribution is 6.74. The molecule has 0 saturated carbocycles. The molecule has 3 N–H and O–H groups in total. The van der Waals surface area contributed by atoms with E-state index in [-0.39, 0.29) is 10.1 Å². The van der Waals surface area contributed by atoms with Gasteiger partial charge in [-0.3, -0.25) is 4.57 Å². The number of nitrogens with two attached hydrogens (primary N) is 1. The summed E-state index contributed by atoms with van der Waals surface area (Å²) < 4.78 is 22.1. The number of rotatable bonds is 6. The minimum atomic E-state index is -2.26. The van der Waals surface area contributed by atoms with Crippen LogP contribution in [0.3, 0.4) is 0 Å². The third-order valence-corrected chi connectivity index (χ3v) is 16.5. The van der Waals surface area contributed by atoms with Gasteiger partial charge in [-0.15, -0.1) is 0 Å². The summed E-state index contributed by atoms with van der Waals surface area (Å²) >= 11 is 0. The first-order valence-corrected chi connectivity index (χ1v) is 17.4. The van der Waals surface area contributed by atoms with Crippen LogP contribution in [0.2, 0.25) is 36.3 Å². The average Bonchev–Trinajstić information content (AvgIpc) is 3.23. The third-order valence-electron chi connectivity index (χ3n) is 7.57. The van der Waals surface area contributed by atoms with Gasteiger partial charge in [0.1, 0.15) is 30.2 Å². The number of fused-ring (bicyclic) bond motifs is 1. The number of oxime groups is 1. The molecule has 4 unspecified atom stereocenters. The maximum Gasteiger partial charge on any atom is 0.192 e. The summed E-state index contributed by atoms with van der Waals surface area (Å²) in [5.41, 5.74) is 7.08. The van der Waals surface area contributed by atoms with Gasteiger partial charge in [0.05, 0.1) is 12.5 Å². The zero-order valence-electron chi connectivity index (χ0n) is 22.0. The van der Waals surface area contributed by atoms with E-state index in [9.17, 15) is 5.21 Å². The Hall–Kier alpha value is -1.87. The molecule has 3 rings (SSSR count). The number of nitrogen functional groups attached to an aromatic ring is 1. The smallest absolute Gasteiger partial charge is 0.192 e. The van der Waals surface area contributed by atoms with Crippen molar-refractivity contribution < 1.29 is 18.8 Å². The quantitative estimate of drug-likeness (QED) is 0.252. The lowest BCUT2D eigenvalue weighted by atomic mass is 10.1. The highest BCUT2D eigenvalue weighted by Crippen LogP contribution is 2.45. The molecule has 12 heteroatoms. The first-order valence-electron chi connectivity index (χ1n) is 11.6. The Morgan fingerprint density at radius 2 is 1.56 bits per heavy atom. The fourth-order valence-corrected chi connectivity index (χ4v) is 6.01. The molecule has 34 heavy (non-hydrogen) atoms. The summed E-state index contributed by atoms with van der Waals surface area (Å²) in [7, 11) is -4.50. The number of anilines is 1. The summed E-state index contributed by atoms with van der Waals surface area (Å²) in [5.74, 6) is 0.297. The Morgan fingerprint density at radius 1 is 1.00 bits per heavy atom. The number of imidazole rings is 1. The van der Waals surface area contributed by atoms with Crippen LogP contribution >= 0.6 is 0 Å². The molecule has 1 aliphatic rings. The molecule has 1 aliphatic heterocycles. The minimum absolute atomic E-state index is 0.0309. The molecule has 0 bridgehead atoms. The molecule has 10 nitrogen and oxygen atoms in total. The molecule has 190 valence electrons. The molecule has 0 aromatic carbocycles. The molecule has 3 heterocycles. The molecule has 0 radical (unpaired) electrons. The molecule has 2 aromatic rings. The highest BCUT2D eigenvalue weighted by atomic mass is 28.4. The monoisotopic (exact) mass is 508 g/mol. The van der Waals surface area contributed by atoms with Crippen molar-refractivity contribution in [1.82, 2.24) is 19.5 Å². The van der Waals surface area contributed by atoms with Crippen molar-refractivity contribution in [3.05, 3.63) is 12.7 Å². The summed E-state index contributed by atoms with van der Waals surface area (Å²) in [6.07, 6.45) is 2.25. The molecule has 0 spiro atoms. The van der Waals surface area contributed by atoms with Gasteiger partial charge in [0, 0.05) is 0 Å². The van der Waals surface area contributed by atoms with Gasteiger partial charge < -0.3 is 24.5 Å². The van der Waals surface area contributed by atoms with Crippen molar-refractivity contribution >= 4 is 39.8 Å². The summed E-state index contributed by atoms with van der Waals surface area (Å²) in [4.78, 5) is 12.9. The highest BCUT2D eigenvalue weighted by Gasteiger charge is 2.54. The van der Waals surface area contributed by atoms with Gasteiger partial charge in [-0.05, 0) is 36.3 Å². The van der Waals surface area contributed by atoms with E-state index in [0.29, 0.717) is 17.0 Å². The Kier molecular flexibility index (Phi) is 7.05. The second kappa shape index (κ2) is 8.97. The van der Waals surface area contributed by atoms with E-state index >= 15 is 0 Å². The molecule has 4 atom stereocenters. The van der Waals surface area contributed by atoms with Crippen LogP contribution in [0.1, 0.15) is 47.8 Å². The average molecular weight is 509 g/mol. The van der Waals surface area contributed by atoms with Gasteiger partial charge in [-0.1, -0.05) is 46.7 Å². The molecular weight excluding hydrogens is 468 g/mol. The SMILES string of the molecule is CC(C)(C)[Si](C)(C)OC1C(C=NO)OC(n2cnc3c(N)ncnc32)C1O[Si](C)(C)C(C)(C)C. The van der Waals surface area contributed by atoms with Crippen molar-refractivity contribution in [2.45, 2.75) is 102 Å². The topological polar surface area (TPSA) is 130 Å². The van der Waals surface area contributed by atoms with E-state index in [2.05, 4.69) is 87.8 Å². The zero-order valence-corrected chi connectivity index (χ0v) is 24.0. The number of aromatic nitrogens is 4.